The fraction of sp³-hybridized carbons (Fsp3) is 0.375. The Labute approximate surface area is 190 Å². The van der Waals surface area contributed by atoms with Crippen molar-refractivity contribution in [2.75, 3.05) is 6.54 Å². The van der Waals surface area contributed by atoms with Gasteiger partial charge in [-0.2, -0.15) is 4.68 Å². The van der Waals surface area contributed by atoms with Crippen molar-refractivity contribution < 1.29 is 19.4 Å². The summed E-state index contributed by atoms with van der Waals surface area (Å²) in [4.78, 5) is 26.2. The van der Waals surface area contributed by atoms with Gasteiger partial charge in [-0.3, -0.25) is 9.59 Å². The van der Waals surface area contributed by atoms with E-state index in [2.05, 4.69) is 15.5 Å². The maximum Gasteiger partial charge on any atom is 0.345 e. The van der Waals surface area contributed by atoms with Crippen LogP contribution in [0.15, 0.2) is 42.5 Å². The van der Waals surface area contributed by atoms with Crippen molar-refractivity contribution in [3.63, 3.8) is 0 Å². The molecule has 1 N–H and O–H groups in total. The summed E-state index contributed by atoms with van der Waals surface area (Å²) in [7, 11) is 0. The summed E-state index contributed by atoms with van der Waals surface area (Å²) in [5.74, 6) is 0.925. The SMILES string of the molecule is O=CN1CC[C@]23CC(=O)CC[C@H]2[C@H]1Cc1cc(Oc2nnnn2-c2ccccc2)cc(O)c13. The van der Waals surface area contributed by atoms with E-state index in [9.17, 15) is 14.7 Å². The number of ether oxygens (including phenoxy) is 1. The number of amides is 1. The lowest BCUT2D eigenvalue weighted by atomic mass is 9.52. The molecule has 1 saturated heterocycles. The van der Waals surface area contributed by atoms with Crippen LogP contribution in [0.1, 0.15) is 36.8 Å². The Morgan fingerprint density at radius 2 is 2.06 bits per heavy atom. The Balaban J connectivity index is 1.41. The molecule has 3 aromatic rings. The van der Waals surface area contributed by atoms with E-state index >= 15 is 0 Å². The van der Waals surface area contributed by atoms with Crippen molar-refractivity contribution in [1.29, 1.82) is 0 Å². The molecule has 168 valence electrons. The van der Waals surface area contributed by atoms with Crippen molar-refractivity contribution in [2.45, 2.75) is 43.6 Å². The quantitative estimate of drug-likeness (QED) is 0.615. The Kier molecular flexibility index (Phi) is 4.46. The molecule has 2 aliphatic carbocycles. The van der Waals surface area contributed by atoms with Crippen LogP contribution in [-0.2, 0) is 21.4 Å². The minimum absolute atomic E-state index is 0.0149. The average Bonchev–Trinajstić information content (AvgIpc) is 3.27. The summed E-state index contributed by atoms with van der Waals surface area (Å²) < 4.78 is 7.48. The Bertz CT molecular complexity index is 1240. The Hall–Kier alpha value is -3.75. The molecule has 3 aliphatic rings. The highest BCUT2D eigenvalue weighted by Crippen LogP contribution is 2.57. The van der Waals surface area contributed by atoms with Gasteiger partial charge in [-0.25, -0.2) is 0 Å². The van der Waals surface area contributed by atoms with E-state index in [1.807, 2.05) is 41.3 Å². The number of aromatic hydroxyl groups is 1. The Morgan fingerprint density at radius 3 is 2.88 bits per heavy atom. The second kappa shape index (κ2) is 7.40. The average molecular weight is 445 g/mol. The predicted octanol–water partition coefficient (Wildman–Crippen LogP) is 2.55. The third kappa shape index (κ3) is 3.02. The van der Waals surface area contributed by atoms with E-state index in [-0.39, 0.29) is 29.5 Å². The molecule has 1 saturated carbocycles. The van der Waals surface area contributed by atoms with Gasteiger partial charge in [0.25, 0.3) is 0 Å². The highest BCUT2D eigenvalue weighted by molar-refractivity contribution is 5.82. The number of rotatable bonds is 4. The summed E-state index contributed by atoms with van der Waals surface area (Å²) in [5.41, 5.74) is 2.07. The zero-order valence-electron chi connectivity index (χ0n) is 17.9. The fourth-order valence-corrected chi connectivity index (χ4v) is 6.27. The number of ketones is 1. The maximum absolute atomic E-state index is 12.5. The number of Topliss-reactive ketones (excluding diaryl/α,β-unsaturated/α-hetero) is 1. The lowest BCUT2D eigenvalue weighted by Gasteiger charge is -2.57. The number of fused-ring (bicyclic) bond motifs is 1. The van der Waals surface area contributed by atoms with Crippen molar-refractivity contribution in [3.8, 4) is 23.2 Å². The second-order valence-corrected chi connectivity index (χ2v) is 9.17. The van der Waals surface area contributed by atoms with Crippen molar-refractivity contribution in [3.05, 3.63) is 53.6 Å². The fourth-order valence-electron chi connectivity index (χ4n) is 6.27. The minimum atomic E-state index is -0.429. The van der Waals surface area contributed by atoms with Gasteiger partial charge < -0.3 is 14.7 Å². The number of hydrogen-bond acceptors (Lipinski definition) is 7. The summed E-state index contributed by atoms with van der Waals surface area (Å²) in [6.07, 6.45) is 3.90. The molecular formula is C24H23N5O4. The molecule has 2 fully saturated rings. The van der Waals surface area contributed by atoms with E-state index < -0.39 is 5.41 Å². The number of phenols is 1. The molecule has 1 aliphatic heterocycles. The van der Waals surface area contributed by atoms with Crippen LogP contribution >= 0.6 is 0 Å². The molecule has 0 unspecified atom stereocenters. The van der Waals surface area contributed by atoms with Crippen LogP contribution in [0.25, 0.3) is 5.69 Å². The number of benzene rings is 2. The lowest BCUT2D eigenvalue weighted by molar-refractivity contribution is -0.132. The van der Waals surface area contributed by atoms with Gasteiger partial charge in [-0.1, -0.05) is 23.3 Å². The summed E-state index contributed by atoms with van der Waals surface area (Å²) in [5, 5.41) is 22.9. The van der Waals surface area contributed by atoms with Gasteiger partial charge in [-0.15, -0.1) is 0 Å². The molecule has 2 bridgehead atoms. The van der Waals surface area contributed by atoms with Crippen molar-refractivity contribution in [2.24, 2.45) is 5.92 Å². The van der Waals surface area contributed by atoms with Gasteiger partial charge in [0, 0.05) is 42.5 Å². The van der Waals surface area contributed by atoms with Crippen molar-refractivity contribution in [1.82, 2.24) is 25.1 Å². The molecule has 0 radical (unpaired) electrons. The van der Waals surface area contributed by atoms with Crippen LogP contribution in [0.3, 0.4) is 0 Å². The zero-order chi connectivity index (χ0) is 22.6. The van der Waals surface area contributed by atoms with Gasteiger partial charge >= 0.3 is 6.01 Å². The number of tetrazole rings is 1. The van der Waals surface area contributed by atoms with Crippen LogP contribution < -0.4 is 4.74 Å². The van der Waals surface area contributed by atoms with Gasteiger partial charge in [0.05, 0.1) is 5.69 Å². The first-order valence-corrected chi connectivity index (χ1v) is 11.2. The molecule has 9 heteroatoms. The van der Waals surface area contributed by atoms with E-state index in [0.717, 1.165) is 29.6 Å². The number of likely N-dealkylation sites (tertiary alicyclic amines) is 1. The molecule has 1 amide bonds. The number of aromatic nitrogens is 4. The highest BCUT2D eigenvalue weighted by Gasteiger charge is 2.56. The number of para-hydroxylation sites is 1. The number of hydrogen-bond donors (Lipinski definition) is 1. The summed E-state index contributed by atoms with van der Waals surface area (Å²) in [6.45, 7) is 0.598. The molecule has 1 aromatic heterocycles. The van der Waals surface area contributed by atoms with Gasteiger partial charge in [0.2, 0.25) is 6.41 Å². The molecule has 2 aromatic carbocycles. The van der Waals surface area contributed by atoms with E-state index in [4.69, 9.17) is 4.74 Å². The van der Waals surface area contributed by atoms with Crippen LogP contribution in [0.5, 0.6) is 17.5 Å². The lowest BCUT2D eigenvalue weighted by Crippen LogP contribution is -2.61. The van der Waals surface area contributed by atoms with Crippen LogP contribution in [0, 0.1) is 5.92 Å². The van der Waals surface area contributed by atoms with Crippen LogP contribution in [-0.4, -0.2) is 55.0 Å². The smallest absolute Gasteiger partial charge is 0.345 e. The maximum atomic E-state index is 12.5. The summed E-state index contributed by atoms with van der Waals surface area (Å²) in [6, 6.07) is 13.0. The first kappa shape index (κ1) is 19.9. The molecular weight excluding hydrogens is 422 g/mol. The van der Waals surface area contributed by atoms with Gasteiger partial charge in [0.15, 0.2) is 0 Å². The van der Waals surface area contributed by atoms with Crippen LogP contribution in [0.4, 0.5) is 0 Å². The molecule has 3 atom stereocenters. The monoisotopic (exact) mass is 445 g/mol. The van der Waals surface area contributed by atoms with Crippen LogP contribution in [0.2, 0.25) is 0 Å². The van der Waals surface area contributed by atoms with Gasteiger partial charge in [0.1, 0.15) is 17.3 Å². The highest BCUT2D eigenvalue weighted by atomic mass is 16.5. The summed E-state index contributed by atoms with van der Waals surface area (Å²) >= 11 is 0. The number of nitrogens with zero attached hydrogens (tertiary/aromatic N) is 5. The van der Waals surface area contributed by atoms with Gasteiger partial charge in [-0.05, 0) is 59.4 Å². The number of piperidine rings is 1. The molecule has 6 rings (SSSR count). The van der Waals surface area contributed by atoms with E-state index in [1.54, 1.807) is 6.07 Å². The number of carbonyl (C=O) groups is 2. The second-order valence-electron chi connectivity index (χ2n) is 9.17. The molecule has 0 spiro atoms. The largest absolute Gasteiger partial charge is 0.507 e. The predicted molar refractivity (Wildman–Crippen MR) is 116 cm³/mol. The molecule has 33 heavy (non-hydrogen) atoms. The zero-order valence-corrected chi connectivity index (χ0v) is 17.9. The molecule has 9 nitrogen and oxygen atoms in total. The topological polar surface area (TPSA) is 110 Å². The third-order valence-corrected chi connectivity index (χ3v) is 7.55. The normalized spacial score (nSPS) is 25.8. The van der Waals surface area contributed by atoms with E-state index in [1.165, 1.54) is 4.68 Å². The minimum Gasteiger partial charge on any atom is -0.507 e. The third-order valence-electron chi connectivity index (χ3n) is 7.55. The first-order valence-electron chi connectivity index (χ1n) is 11.2. The van der Waals surface area contributed by atoms with E-state index in [0.29, 0.717) is 38.0 Å². The first-order chi connectivity index (χ1) is 16.1. The number of carbonyl (C=O) groups excluding carboxylic acids is 2. The standard InChI is InChI=1S/C24H23N5O4/c30-14-28-9-8-24-13-17(31)6-7-19(24)20(28)11-15-10-18(12-21(32)22(15)24)33-23-25-26-27-29(23)16-4-2-1-3-5-16/h1-5,10,12,14,19-20,32H,6-9,11,13H2/t19-,20+,24-/m0/s1. The van der Waals surface area contributed by atoms with Crippen molar-refractivity contribution >= 4 is 12.2 Å². The Morgan fingerprint density at radius 1 is 1.21 bits per heavy atom. The number of phenolic OH excluding ortho intramolecular Hbond substituents is 1. The molecule has 2 heterocycles.